The highest BCUT2D eigenvalue weighted by Crippen LogP contribution is 2.09. The van der Waals surface area contributed by atoms with Crippen LogP contribution in [-0.2, 0) is 4.79 Å². The van der Waals surface area contributed by atoms with Gasteiger partial charge in [-0.15, -0.1) is 0 Å². The second kappa shape index (κ2) is 6.58. The Balaban J connectivity index is 2.45. The molecule has 1 heterocycles. The standard InChI is InChI=1S/C12H24N4O2/c1-9(2)8-15-4-6-16(7-5-15)12(17)10(3)11(13)14-18/h9-10,18H,4-8H2,1-3H3,(H2,13,14). The minimum Gasteiger partial charge on any atom is -0.409 e. The fourth-order valence-electron chi connectivity index (χ4n) is 2.15. The molecule has 0 bridgehead atoms. The number of amidine groups is 1. The second-order valence-electron chi connectivity index (χ2n) is 5.27. The minimum absolute atomic E-state index is 0.0235. The summed E-state index contributed by atoms with van der Waals surface area (Å²) in [6, 6.07) is 0. The lowest BCUT2D eigenvalue weighted by atomic mass is 10.1. The van der Waals surface area contributed by atoms with E-state index in [-0.39, 0.29) is 11.7 Å². The quantitative estimate of drug-likeness (QED) is 0.325. The number of piperazine rings is 1. The van der Waals surface area contributed by atoms with Crippen LogP contribution >= 0.6 is 0 Å². The van der Waals surface area contributed by atoms with E-state index in [4.69, 9.17) is 10.9 Å². The maximum atomic E-state index is 12.1. The van der Waals surface area contributed by atoms with Crippen LogP contribution in [-0.4, -0.2) is 59.5 Å². The van der Waals surface area contributed by atoms with Gasteiger partial charge in [0.05, 0.1) is 5.92 Å². The van der Waals surface area contributed by atoms with Gasteiger partial charge < -0.3 is 15.8 Å². The van der Waals surface area contributed by atoms with Gasteiger partial charge in [-0.1, -0.05) is 19.0 Å². The van der Waals surface area contributed by atoms with Crippen LogP contribution in [0.3, 0.4) is 0 Å². The molecule has 1 amide bonds. The Hall–Kier alpha value is -1.30. The lowest BCUT2D eigenvalue weighted by Crippen LogP contribution is -2.52. The van der Waals surface area contributed by atoms with Gasteiger partial charge in [0.15, 0.2) is 5.84 Å². The predicted molar refractivity (Wildman–Crippen MR) is 70.4 cm³/mol. The smallest absolute Gasteiger partial charge is 0.233 e. The van der Waals surface area contributed by atoms with E-state index in [1.807, 2.05) is 0 Å². The van der Waals surface area contributed by atoms with Crippen LogP contribution in [0.4, 0.5) is 0 Å². The van der Waals surface area contributed by atoms with E-state index < -0.39 is 5.92 Å². The van der Waals surface area contributed by atoms with Crippen LogP contribution in [0.15, 0.2) is 5.16 Å². The molecule has 18 heavy (non-hydrogen) atoms. The molecule has 3 N–H and O–H groups in total. The summed E-state index contributed by atoms with van der Waals surface area (Å²) in [6.45, 7) is 10.3. The molecule has 0 saturated carbocycles. The van der Waals surface area contributed by atoms with E-state index in [1.165, 1.54) is 0 Å². The Bertz CT molecular complexity index is 309. The third kappa shape index (κ3) is 3.87. The molecule has 1 unspecified atom stereocenters. The van der Waals surface area contributed by atoms with Crippen molar-refractivity contribution in [2.45, 2.75) is 20.8 Å². The summed E-state index contributed by atoms with van der Waals surface area (Å²) in [5, 5.41) is 11.5. The largest absolute Gasteiger partial charge is 0.409 e. The molecule has 0 aromatic rings. The topological polar surface area (TPSA) is 82.2 Å². The number of hydrogen-bond acceptors (Lipinski definition) is 4. The monoisotopic (exact) mass is 256 g/mol. The molecule has 0 aliphatic carbocycles. The molecule has 1 rings (SSSR count). The molecular weight excluding hydrogens is 232 g/mol. The molecule has 1 aliphatic rings. The fraction of sp³-hybridized carbons (Fsp3) is 0.833. The van der Waals surface area contributed by atoms with Crippen LogP contribution < -0.4 is 5.73 Å². The van der Waals surface area contributed by atoms with Gasteiger partial charge in [0.1, 0.15) is 0 Å². The highest BCUT2D eigenvalue weighted by Gasteiger charge is 2.27. The summed E-state index contributed by atoms with van der Waals surface area (Å²) in [5.74, 6) is 0.00842. The zero-order valence-corrected chi connectivity index (χ0v) is 11.5. The summed E-state index contributed by atoms with van der Waals surface area (Å²) in [7, 11) is 0. The molecule has 0 radical (unpaired) electrons. The number of rotatable bonds is 4. The van der Waals surface area contributed by atoms with Crippen LogP contribution in [0.1, 0.15) is 20.8 Å². The van der Waals surface area contributed by atoms with E-state index in [0.717, 1.165) is 19.6 Å². The molecule has 0 spiro atoms. The van der Waals surface area contributed by atoms with Gasteiger partial charge in [-0.25, -0.2) is 0 Å². The van der Waals surface area contributed by atoms with Crippen molar-refractivity contribution in [1.82, 2.24) is 9.80 Å². The first-order valence-corrected chi connectivity index (χ1v) is 6.44. The number of carbonyl (C=O) groups excluding carboxylic acids is 1. The molecule has 1 saturated heterocycles. The van der Waals surface area contributed by atoms with Gasteiger partial charge in [0, 0.05) is 32.7 Å². The highest BCUT2D eigenvalue weighted by atomic mass is 16.4. The van der Waals surface area contributed by atoms with Gasteiger partial charge >= 0.3 is 0 Å². The van der Waals surface area contributed by atoms with Crippen molar-refractivity contribution in [2.75, 3.05) is 32.7 Å². The number of carbonyl (C=O) groups is 1. The third-order valence-corrected chi connectivity index (χ3v) is 3.24. The first-order chi connectivity index (χ1) is 8.45. The van der Waals surface area contributed by atoms with Gasteiger partial charge in [0.25, 0.3) is 0 Å². The number of nitrogens with zero attached hydrogens (tertiary/aromatic N) is 3. The Morgan fingerprint density at radius 3 is 2.28 bits per heavy atom. The van der Waals surface area contributed by atoms with Gasteiger partial charge in [-0.3, -0.25) is 9.69 Å². The van der Waals surface area contributed by atoms with Crippen molar-refractivity contribution in [3.05, 3.63) is 0 Å². The minimum atomic E-state index is -0.549. The Kier molecular flexibility index (Phi) is 5.40. The van der Waals surface area contributed by atoms with E-state index >= 15 is 0 Å². The number of amides is 1. The fourth-order valence-corrected chi connectivity index (χ4v) is 2.15. The van der Waals surface area contributed by atoms with Crippen LogP contribution in [0, 0.1) is 11.8 Å². The molecule has 6 heteroatoms. The van der Waals surface area contributed by atoms with Crippen LogP contribution in [0.25, 0.3) is 0 Å². The summed E-state index contributed by atoms with van der Waals surface area (Å²) >= 11 is 0. The van der Waals surface area contributed by atoms with Crippen molar-refractivity contribution >= 4 is 11.7 Å². The van der Waals surface area contributed by atoms with Crippen LogP contribution in [0.5, 0.6) is 0 Å². The number of nitrogens with two attached hydrogens (primary N) is 1. The maximum absolute atomic E-state index is 12.1. The van der Waals surface area contributed by atoms with E-state index in [1.54, 1.807) is 11.8 Å². The predicted octanol–water partition coefficient (Wildman–Crippen LogP) is 0.169. The summed E-state index contributed by atoms with van der Waals surface area (Å²) < 4.78 is 0. The third-order valence-electron chi connectivity index (χ3n) is 3.24. The number of hydrogen-bond donors (Lipinski definition) is 2. The average Bonchev–Trinajstić information content (AvgIpc) is 2.36. The van der Waals surface area contributed by atoms with Crippen molar-refractivity contribution in [3.63, 3.8) is 0 Å². The Labute approximate surface area is 108 Å². The van der Waals surface area contributed by atoms with Gasteiger partial charge in [-0.05, 0) is 12.8 Å². The molecule has 1 fully saturated rings. The van der Waals surface area contributed by atoms with Crippen molar-refractivity contribution in [3.8, 4) is 0 Å². The zero-order chi connectivity index (χ0) is 13.7. The second-order valence-corrected chi connectivity index (χ2v) is 5.27. The first-order valence-electron chi connectivity index (χ1n) is 6.44. The van der Waals surface area contributed by atoms with Crippen molar-refractivity contribution in [1.29, 1.82) is 0 Å². The maximum Gasteiger partial charge on any atom is 0.233 e. The molecule has 1 aliphatic heterocycles. The Morgan fingerprint density at radius 2 is 1.83 bits per heavy atom. The lowest BCUT2D eigenvalue weighted by molar-refractivity contribution is -0.134. The normalized spacial score (nSPS) is 20.2. The molecule has 104 valence electrons. The zero-order valence-electron chi connectivity index (χ0n) is 11.5. The Morgan fingerprint density at radius 1 is 1.28 bits per heavy atom. The summed E-state index contributed by atoms with van der Waals surface area (Å²) in [5.41, 5.74) is 5.46. The highest BCUT2D eigenvalue weighted by molar-refractivity contribution is 6.01. The van der Waals surface area contributed by atoms with E-state index in [0.29, 0.717) is 19.0 Å². The lowest BCUT2D eigenvalue weighted by Gasteiger charge is -2.36. The number of oxime groups is 1. The van der Waals surface area contributed by atoms with E-state index in [9.17, 15) is 4.79 Å². The van der Waals surface area contributed by atoms with Crippen molar-refractivity contribution < 1.29 is 10.0 Å². The van der Waals surface area contributed by atoms with E-state index in [2.05, 4.69) is 23.9 Å². The summed E-state index contributed by atoms with van der Waals surface area (Å²) in [4.78, 5) is 16.2. The first kappa shape index (κ1) is 14.8. The molecule has 0 aromatic heterocycles. The summed E-state index contributed by atoms with van der Waals surface area (Å²) in [6.07, 6.45) is 0. The molecule has 6 nitrogen and oxygen atoms in total. The molecule has 1 atom stereocenters. The average molecular weight is 256 g/mol. The van der Waals surface area contributed by atoms with Gasteiger partial charge in [-0.2, -0.15) is 0 Å². The SMILES string of the molecule is CC(C)CN1CCN(C(=O)C(C)C(N)=NO)CC1. The van der Waals surface area contributed by atoms with Crippen molar-refractivity contribution in [2.24, 2.45) is 22.7 Å². The van der Waals surface area contributed by atoms with Crippen LogP contribution in [0.2, 0.25) is 0 Å². The van der Waals surface area contributed by atoms with Gasteiger partial charge in [0.2, 0.25) is 5.91 Å². The molecule has 0 aromatic carbocycles. The molecular formula is C12H24N4O2.